The summed E-state index contributed by atoms with van der Waals surface area (Å²) in [7, 11) is 0. The molecule has 0 aromatic heterocycles. The van der Waals surface area contributed by atoms with E-state index in [1.807, 2.05) is 45.0 Å². The molecule has 2 amide bonds. The second kappa shape index (κ2) is 10.0. The molecule has 4 nitrogen and oxygen atoms in total. The number of nitrogens with one attached hydrogen (secondary N) is 1. The molecule has 0 fully saturated rings. The van der Waals surface area contributed by atoms with E-state index >= 15 is 0 Å². The third-order valence-electron chi connectivity index (χ3n) is 4.64. The fourth-order valence-corrected chi connectivity index (χ4v) is 2.95. The molecule has 0 saturated carbocycles. The van der Waals surface area contributed by atoms with E-state index in [4.69, 9.17) is 0 Å². The smallest absolute Gasteiger partial charge is 0.242 e. The van der Waals surface area contributed by atoms with E-state index in [1.165, 1.54) is 11.0 Å². The van der Waals surface area contributed by atoms with Crippen LogP contribution in [0.1, 0.15) is 43.9 Å². The summed E-state index contributed by atoms with van der Waals surface area (Å²) in [5, 5.41) is 2.83. The van der Waals surface area contributed by atoms with Crippen molar-refractivity contribution >= 4 is 11.8 Å². The lowest BCUT2D eigenvalue weighted by Gasteiger charge is -2.29. The van der Waals surface area contributed by atoms with Gasteiger partial charge in [0.05, 0.1) is 0 Å². The predicted molar refractivity (Wildman–Crippen MR) is 109 cm³/mol. The van der Waals surface area contributed by atoms with Gasteiger partial charge in [0.15, 0.2) is 0 Å². The highest BCUT2D eigenvalue weighted by Crippen LogP contribution is 2.15. The van der Waals surface area contributed by atoms with Crippen molar-refractivity contribution in [1.82, 2.24) is 10.2 Å². The average molecular weight is 384 g/mol. The van der Waals surface area contributed by atoms with Crippen molar-refractivity contribution in [1.29, 1.82) is 0 Å². The van der Waals surface area contributed by atoms with E-state index < -0.39 is 6.04 Å². The maximum atomic E-state index is 14.1. The van der Waals surface area contributed by atoms with Gasteiger partial charge in [-0.25, -0.2) is 4.39 Å². The van der Waals surface area contributed by atoms with Crippen LogP contribution < -0.4 is 5.32 Å². The topological polar surface area (TPSA) is 49.4 Å². The Morgan fingerprint density at radius 1 is 1.04 bits per heavy atom. The van der Waals surface area contributed by atoms with Gasteiger partial charge < -0.3 is 10.2 Å². The van der Waals surface area contributed by atoms with Crippen molar-refractivity contribution in [3.63, 3.8) is 0 Å². The van der Waals surface area contributed by atoms with Gasteiger partial charge in [-0.1, -0.05) is 48.0 Å². The summed E-state index contributed by atoms with van der Waals surface area (Å²) in [4.78, 5) is 26.9. The van der Waals surface area contributed by atoms with Crippen LogP contribution in [0.15, 0.2) is 48.5 Å². The fraction of sp³-hybridized carbons (Fsp3) is 0.391. The summed E-state index contributed by atoms with van der Waals surface area (Å²) in [6.07, 6.45) is 0.836. The zero-order valence-electron chi connectivity index (χ0n) is 17.0. The molecule has 28 heavy (non-hydrogen) atoms. The van der Waals surface area contributed by atoms with Crippen molar-refractivity contribution in [2.45, 2.75) is 59.2 Å². The number of halogens is 1. The quantitative estimate of drug-likeness (QED) is 0.748. The molecular weight excluding hydrogens is 355 g/mol. The third kappa shape index (κ3) is 6.19. The van der Waals surface area contributed by atoms with Gasteiger partial charge in [-0.3, -0.25) is 9.59 Å². The number of rotatable bonds is 8. The maximum Gasteiger partial charge on any atom is 0.242 e. The highest BCUT2D eigenvalue weighted by atomic mass is 19.1. The van der Waals surface area contributed by atoms with Crippen LogP contribution in [0.4, 0.5) is 4.39 Å². The lowest BCUT2D eigenvalue weighted by molar-refractivity contribution is -0.140. The number of carbonyl (C=O) groups is 2. The largest absolute Gasteiger partial charge is 0.352 e. The van der Waals surface area contributed by atoms with Crippen LogP contribution in [-0.2, 0) is 22.6 Å². The molecule has 5 heteroatoms. The number of benzene rings is 2. The van der Waals surface area contributed by atoms with E-state index in [0.29, 0.717) is 12.0 Å². The maximum absolute atomic E-state index is 14.1. The van der Waals surface area contributed by atoms with Gasteiger partial charge in [0.2, 0.25) is 11.8 Å². The van der Waals surface area contributed by atoms with Crippen LogP contribution in [0.5, 0.6) is 0 Å². The van der Waals surface area contributed by atoms with Crippen LogP contribution in [-0.4, -0.2) is 28.8 Å². The lowest BCUT2D eigenvalue weighted by atomic mass is 10.1. The minimum atomic E-state index is -0.687. The van der Waals surface area contributed by atoms with Crippen LogP contribution >= 0.6 is 0 Å². The molecule has 2 aromatic carbocycles. The Balaban J connectivity index is 2.15. The molecule has 150 valence electrons. The summed E-state index contributed by atoms with van der Waals surface area (Å²) in [6.45, 7) is 7.49. The molecule has 0 radical (unpaired) electrons. The van der Waals surface area contributed by atoms with Crippen molar-refractivity contribution in [3.8, 4) is 0 Å². The number of amides is 2. The van der Waals surface area contributed by atoms with Gasteiger partial charge in [-0.05, 0) is 45.7 Å². The number of nitrogens with zero attached hydrogens (tertiary/aromatic N) is 1. The van der Waals surface area contributed by atoms with Crippen molar-refractivity contribution in [2.75, 3.05) is 0 Å². The van der Waals surface area contributed by atoms with E-state index in [9.17, 15) is 14.0 Å². The van der Waals surface area contributed by atoms with Crippen molar-refractivity contribution in [3.05, 3.63) is 71.0 Å². The molecule has 2 rings (SSSR count). The molecular formula is C23H29FN2O2. The van der Waals surface area contributed by atoms with Crippen molar-refractivity contribution in [2.24, 2.45) is 0 Å². The second-order valence-electron chi connectivity index (χ2n) is 7.44. The highest BCUT2D eigenvalue weighted by molar-refractivity contribution is 5.87. The zero-order valence-corrected chi connectivity index (χ0v) is 17.0. The van der Waals surface area contributed by atoms with Gasteiger partial charge in [0.25, 0.3) is 0 Å². The fourth-order valence-electron chi connectivity index (χ4n) is 2.95. The summed E-state index contributed by atoms with van der Waals surface area (Å²) in [5.74, 6) is -0.791. The Bertz CT molecular complexity index is 803. The SMILES string of the molecule is Cc1ccc(CCC(=O)N(Cc2ccccc2F)[C@@H](C)C(=O)NC(C)C)cc1. The molecule has 0 heterocycles. The molecule has 0 aliphatic carbocycles. The van der Waals surface area contributed by atoms with E-state index in [1.54, 1.807) is 25.1 Å². The Morgan fingerprint density at radius 2 is 1.68 bits per heavy atom. The van der Waals surface area contributed by atoms with E-state index in [0.717, 1.165) is 11.1 Å². The standard InChI is InChI=1S/C23H29FN2O2/c1-16(2)25-23(28)18(4)26(15-20-7-5-6-8-21(20)24)22(27)14-13-19-11-9-17(3)10-12-19/h5-12,16,18H,13-15H2,1-4H3,(H,25,28)/t18-/m0/s1. The Morgan fingerprint density at radius 3 is 2.29 bits per heavy atom. The van der Waals surface area contributed by atoms with Gasteiger partial charge in [0, 0.05) is 24.6 Å². The Hall–Kier alpha value is -2.69. The third-order valence-corrected chi connectivity index (χ3v) is 4.64. The molecule has 0 spiro atoms. The van der Waals surface area contributed by atoms with Gasteiger partial charge in [0.1, 0.15) is 11.9 Å². The Labute approximate surface area is 166 Å². The Kier molecular flexibility index (Phi) is 7.73. The van der Waals surface area contributed by atoms with Crippen molar-refractivity contribution < 1.29 is 14.0 Å². The molecule has 1 atom stereocenters. The normalized spacial score (nSPS) is 11.9. The number of hydrogen-bond donors (Lipinski definition) is 1. The summed E-state index contributed by atoms with van der Waals surface area (Å²) < 4.78 is 14.1. The molecule has 0 saturated heterocycles. The second-order valence-corrected chi connectivity index (χ2v) is 7.44. The van der Waals surface area contributed by atoms with E-state index in [-0.39, 0.29) is 36.6 Å². The molecule has 0 aliphatic heterocycles. The van der Waals surface area contributed by atoms with Crippen LogP contribution in [0, 0.1) is 12.7 Å². The first kappa shape index (κ1) is 21.6. The van der Waals surface area contributed by atoms with Gasteiger partial charge in [-0.2, -0.15) is 0 Å². The summed E-state index contributed by atoms with van der Waals surface area (Å²) in [5.41, 5.74) is 2.62. The number of hydrogen-bond acceptors (Lipinski definition) is 2. The zero-order chi connectivity index (χ0) is 20.7. The molecule has 0 bridgehead atoms. The lowest BCUT2D eigenvalue weighted by Crippen LogP contribution is -2.49. The summed E-state index contributed by atoms with van der Waals surface area (Å²) >= 11 is 0. The van der Waals surface area contributed by atoms with Gasteiger partial charge >= 0.3 is 0 Å². The molecule has 2 aromatic rings. The molecule has 0 unspecified atom stereocenters. The first-order valence-electron chi connectivity index (χ1n) is 9.66. The van der Waals surface area contributed by atoms with Crippen LogP contribution in [0.25, 0.3) is 0 Å². The minimum Gasteiger partial charge on any atom is -0.352 e. The molecule has 1 N–H and O–H groups in total. The van der Waals surface area contributed by atoms with Gasteiger partial charge in [-0.15, -0.1) is 0 Å². The highest BCUT2D eigenvalue weighted by Gasteiger charge is 2.26. The first-order chi connectivity index (χ1) is 13.3. The van der Waals surface area contributed by atoms with Crippen LogP contribution in [0.2, 0.25) is 0 Å². The van der Waals surface area contributed by atoms with Crippen LogP contribution in [0.3, 0.4) is 0 Å². The molecule has 0 aliphatic rings. The minimum absolute atomic E-state index is 0.0343. The number of carbonyl (C=O) groups excluding carboxylic acids is 2. The summed E-state index contributed by atoms with van der Waals surface area (Å²) in [6, 6.07) is 13.6. The average Bonchev–Trinajstić information content (AvgIpc) is 2.65. The monoisotopic (exact) mass is 384 g/mol. The first-order valence-corrected chi connectivity index (χ1v) is 9.66. The number of aryl methyl sites for hydroxylation is 2. The predicted octanol–water partition coefficient (Wildman–Crippen LogP) is 4.01. The van der Waals surface area contributed by atoms with E-state index in [2.05, 4.69) is 5.32 Å².